The van der Waals surface area contributed by atoms with E-state index >= 15 is 0 Å². The summed E-state index contributed by atoms with van der Waals surface area (Å²) in [6.45, 7) is 2.40. The molecule has 1 fully saturated rings. The Hall–Kier alpha value is -1.68. The van der Waals surface area contributed by atoms with E-state index in [4.69, 9.17) is 4.74 Å². The molecule has 1 amide bonds. The van der Waals surface area contributed by atoms with E-state index in [1.54, 1.807) is 23.1 Å². The van der Waals surface area contributed by atoms with Gasteiger partial charge < -0.3 is 9.64 Å². The number of benzene rings is 1. The second-order valence-electron chi connectivity index (χ2n) is 3.83. The molecule has 2 rings (SSSR count). The lowest BCUT2D eigenvalue weighted by Gasteiger charge is -2.25. The number of morpholine rings is 1. The molecule has 1 aromatic carbocycles. The molecule has 1 heterocycles. The number of hydrogen-bond acceptors (Lipinski definition) is 2. The van der Waals surface area contributed by atoms with Gasteiger partial charge in [0, 0.05) is 19.2 Å². The largest absolute Gasteiger partial charge is 0.378 e. The molecule has 0 unspecified atom stereocenters. The maximum absolute atomic E-state index is 12.9. The number of rotatable bonds is 2. The molecule has 0 aromatic heterocycles. The first-order valence-corrected chi connectivity index (χ1v) is 5.56. The summed E-state index contributed by atoms with van der Waals surface area (Å²) in [7, 11) is 0. The Balaban J connectivity index is 1.97. The van der Waals surface area contributed by atoms with Crippen LogP contribution < -0.4 is 0 Å². The highest BCUT2D eigenvalue weighted by molar-refractivity contribution is 5.91. The molecule has 3 nitrogen and oxygen atoms in total. The zero-order chi connectivity index (χ0) is 12.1. The summed E-state index contributed by atoms with van der Waals surface area (Å²) >= 11 is 0. The lowest BCUT2D eigenvalue weighted by atomic mass is 10.2. The van der Waals surface area contributed by atoms with Crippen molar-refractivity contribution in [2.75, 3.05) is 26.3 Å². The Labute approximate surface area is 99.5 Å². The molecular formula is C13H14FNO2. The summed E-state index contributed by atoms with van der Waals surface area (Å²) in [5, 5.41) is 0. The minimum absolute atomic E-state index is 0.0578. The van der Waals surface area contributed by atoms with Gasteiger partial charge in [-0.1, -0.05) is 12.1 Å². The van der Waals surface area contributed by atoms with Crippen molar-refractivity contribution in [3.8, 4) is 0 Å². The third kappa shape index (κ3) is 3.39. The van der Waals surface area contributed by atoms with E-state index in [0.717, 1.165) is 0 Å². The Kier molecular flexibility index (Phi) is 3.88. The van der Waals surface area contributed by atoms with Crippen LogP contribution in [0.4, 0.5) is 4.39 Å². The fraction of sp³-hybridized carbons (Fsp3) is 0.308. The van der Waals surface area contributed by atoms with Crippen LogP contribution in [0.25, 0.3) is 6.08 Å². The Morgan fingerprint density at radius 3 is 2.82 bits per heavy atom. The first-order chi connectivity index (χ1) is 8.25. The van der Waals surface area contributed by atoms with E-state index in [1.807, 2.05) is 0 Å². The van der Waals surface area contributed by atoms with Gasteiger partial charge in [0.25, 0.3) is 0 Å². The van der Waals surface area contributed by atoms with Gasteiger partial charge in [-0.2, -0.15) is 0 Å². The van der Waals surface area contributed by atoms with Crippen molar-refractivity contribution in [2.45, 2.75) is 0 Å². The third-order valence-corrected chi connectivity index (χ3v) is 2.59. The molecule has 0 atom stereocenters. The zero-order valence-corrected chi connectivity index (χ0v) is 9.43. The second kappa shape index (κ2) is 5.59. The number of hydrogen-bond donors (Lipinski definition) is 0. The van der Waals surface area contributed by atoms with Crippen LogP contribution in [0.3, 0.4) is 0 Å². The van der Waals surface area contributed by atoms with E-state index in [9.17, 15) is 9.18 Å². The molecule has 1 aromatic rings. The normalized spacial score (nSPS) is 16.4. The molecule has 1 aliphatic rings. The van der Waals surface area contributed by atoms with Gasteiger partial charge in [0.2, 0.25) is 5.91 Å². The lowest BCUT2D eigenvalue weighted by Crippen LogP contribution is -2.39. The van der Waals surface area contributed by atoms with Crippen LogP contribution in [0.1, 0.15) is 5.56 Å². The van der Waals surface area contributed by atoms with Crippen molar-refractivity contribution in [1.82, 2.24) is 4.90 Å². The number of carbonyl (C=O) groups excluding carboxylic acids is 1. The first kappa shape index (κ1) is 11.8. The summed E-state index contributed by atoms with van der Waals surface area (Å²) in [5.74, 6) is -0.358. The van der Waals surface area contributed by atoms with E-state index < -0.39 is 0 Å². The number of ether oxygens (including phenoxy) is 1. The van der Waals surface area contributed by atoms with Crippen molar-refractivity contribution in [3.63, 3.8) is 0 Å². The van der Waals surface area contributed by atoms with Crippen LogP contribution in [0.2, 0.25) is 0 Å². The van der Waals surface area contributed by atoms with Gasteiger partial charge in [-0.15, -0.1) is 0 Å². The molecule has 17 heavy (non-hydrogen) atoms. The minimum atomic E-state index is -0.300. The van der Waals surface area contributed by atoms with Crippen LogP contribution in [0, 0.1) is 5.82 Å². The molecule has 0 aliphatic carbocycles. The van der Waals surface area contributed by atoms with Crippen LogP contribution >= 0.6 is 0 Å². The van der Waals surface area contributed by atoms with Gasteiger partial charge in [0.05, 0.1) is 13.2 Å². The molecule has 0 radical (unpaired) electrons. The number of amides is 1. The molecule has 1 aliphatic heterocycles. The average Bonchev–Trinajstić information content (AvgIpc) is 2.37. The summed E-state index contributed by atoms with van der Waals surface area (Å²) in [5.41, 5.74) is 0.687. The van der Waals surface area contributed by atoms with Crippen LogP contribution in [-0.4, -0.2) is 37.1 Å². The SMILES string of the molecule is O=C(C=Cc1cccc(F)c1)N1CCOCC1. The maximum atomic E-state index is 12.9. The lowest BCUT2D eigenvalue weighted by molar-refractivity contribution is -0.129. The van der Waals surface area contributed by atoms with Crippen molar-refractivity contribution >= 4 is 12.0 Å². The van der Waals surface area contributed by atoms with Crippen LogP contribution in [0.5, 0.6) is 0 Å². The molecule has 0 N–H and O–H groups in total. The van der Waals surface area contributed by atoms with Crippen molar-refractivity contribution < 1.29 is 13.9 Å². The molecule has 4 heteroatoms. The van der Waals surface area contributed by atoms with Crippen molar-refractivity contribution in [2.24, 2.45) is 0 Å². The second-order valence-corrected chi connectivity index (χ2v) is 3.83. The summed E-state index contributed by atoms with van der Waals surface area (Å²) in [6.07, 6.45) is 3.10. The zero-order valence-electron chi connectivity index (χ0n) is 9.43. The van der Waals surface area contributed by atoms with E-state index in [1.165, 1.54) is 18.2 Å². The Morgan fingerprint density at radius 1 is 1.35 bits per heavy atom. The molecule has 0 saturated carbocycles. The van der Waals surface area contributed by atoms with Crippen LogP contribution in [0.15, 0.2) is 30.3 Å². The fourth-order valence-corrected chi connectivity index (χ4v) is 1.67. The fourth-order valence-electron chi connectivity index (χ4n) is 1.67. The number of carbonyl (C=O) groups is 1. The molecule has 1 saturated heterocycles. The van der Waals surface area contributed by atoms with Gasteiger partial charge in [-0.3, -0.25) is 4.79 Å². The predicted molar refractivity (Wildman–Crippen MR) is 62.8 cm³/mol. The Bertz CT molecular complexity index is 425. The van der Waals surface area contributed by atoms with E-state index in [2.05, 4.69) is 0 Å². The summed E-state index contributed by atoms with van der Waals surface area (Å²) < 4.78 is 18.1. The predicted octanol–water partition coefficient (Wildman–Crippen LogP) is 1.70. The topological polar surface area (TPSA) is 29.5 Å². The standard InChI is InChI=1S/C13H14FNO2/c14-12-3-1-2-11(10-12)4-5-13(16)15-6-8-17-9-7-15/h1-5,10H,6-9H2. The molecular weight excluding hydrogens is 221 g/mol. The molecule has 0 bridgehead atoms. The monoisotopic (exact) mass is 235 g/mol. The Morgan fingerprint density at radius 2 is 2.12 bits per heavy atom. The summed E-state index contributed by atoms with van der Waals surface area (Å²) in [4.78, 5) is 13.5. The van der Waals surface area contributed by atoms with Crippen molar-refractivity contribution in [3.05, 3.63) is 41.7 Å². The average molecular weight is 235 g/mol. The number of halogens is 1. The number of nitrogens with zero attached hydrogens (tertiary/aromatic N) is 1. The van der Waals surface area contributed by atoms with Gasteiger partial charge in [0.1, 0.15) is 5.82 Å². The third-order valence-electron chi connectivity index (χ3n) is 2.59. The van der Waals surface area contributed by atoms with Gasteiger partial charge in [-0.25, -0.2) is 4.39 Å². The highest BCUT2D eigenvalue weighted by atomic mass is 19.1. The van der Waals surface area contributed by atoms with Crippen molar-refractivity contribution in [1.29, 1.82) is 0 Å². The van der Waals surface area contributed by atoms with Gasteiger partial charge >= 0.3 is 0 Å². The van der Waals surface area contributed by atoms with Gasteiger partial charge in [0.15, 0.2) is 0 Å². The highest BCUT2D eigenvalue weighted by Crippen LogP contribution is 2.06. The summed E-state index contributed by atoms with van der Waals surface area (Å²) in [6, 6.07) is 6.14. The maximum Gasteiger partial charge on any atom is 0.246 e. The van der Waals surface area contributed by atoms with E-state index in [-0.39, 0.29) is 11.7 Å². The quantitative estimate of drug-likeness (QED) is 0.730. The van der Waals surface area contributed by atoms with E-state index in [0.29, 0.717) is 31.9 Å². The highest BCUT2D eigenvalue weighted by Gasteiger charge is 2.13. The minimum Gasteiger partial charge on any atom is -0.378 e. The molecule has 90 valence electrons. The van der Waals surface area contributed by atoms with Gasteiger partial charge in [-0.05, 0) is 23.8 Å². The van der Waals surface area contributed by atoms with Crippen LogP contribution in [-0.2, 0) is 9.53 Å². The first-order valence-electron chi connectivity index (χ1n) is 5.56. The smallest absolute Gasteiger partial charge is 0.246 e. The molecule has 0 spiro atoms.